The van der Waals surface area contributed by atoms with Crippen molar-refractivity contribution >= 4 is 46.2 Å². The second kappa shape index (κ2) is 8.53. The van der Waals surface area contributed by atoms with Crippen molar-refractivity contribution in [3.63, 3.8) is 0 Å². The van der Waals surface area contributed by atoms with Crippen LogP contribution in [0.25, 0.3) is 6.08 Å². The summed E-state index contributed by atoms with van der Waals surface area (Å²) in [6, 6.07) is 27.6. The van der Waals surface area contributed by atoms with Gasteiger partial charge in [0.25, 0.3) is 5.91 Å². The van der Waals surface area contributed by atoms with Gasteiger partial charge in [-0.05, 0) is 46.7 Å². The molecule has 2 heterocycles. The highest BCUT2D eigenvalue weighted by Crippen LogP contribution is 2.39. The van der Waals surface area contributed by atoms with Crippen LogP contribution in [-0.2, 0) is 4.79 Å². The van der Waals surface area contributed by atoms with Crippen molar-refractivity contribution in [3.8, 4) is 0 Å². The van der Waals surface area contributed by atoms with Gasteiger partial charge in [-0.2, -0.15) is 10.1 Å². The summed E-state index contributed by atoms with van der Waals surface area (Å²) in [7, 11) is 0. The molecule has 152 valence electrons. The molecule has 3 aromatic carbocycles. The Morgan fingerprint density at radius 3 is 2.32 bits per heavy atom. The number of hydrazone groups is 1. The van der Waals surface area contributed by atoms with Crippen molar-refractivity contribution < 1.29 is 4.79 Å². The lowest BCUT2D eigenvalue weighted by Gasteiger charge is -2.22. The van der Waals surface area contributed by atoms with Crippen molar-refractivity contribution in [3.05, 3.63) is 112 Å². The Kier molecular flexibility index (Phi) is 5.45. The summed E-state index contributed by atoms with van der Waals surface area (Å²) in [6.07, 6.45) is 2.59. The first-order valence-corrected chi connectivity index (χ1v) is 11.1. The minimum Gasteiger partial charge on any atom is -0.266 e. The quantitative estimate of drug-likeness (QED) is 0.455. The van der Waals surface area contributed by atoms with Crippen LogP contribution in [0.15, 0.2) is 99.9 Å². The number of amides is 1. The van der Waals surface area contributed by atoms with Gasteiger partial charge in [0, 0.05) is 11.4 Å². The highest BCUT2D eigenvalue weighted by molar-refractivity contribution is 8.18. The van der Waals surface area contributed by atoms with Crippen LogP contribution >= 0.6 is 23.4 Å². The first-order valence-electron chi connectivity index (χ1n) is 9.92. The fourth-order valence-corrected chi connectivity index (χ4v) is 4.67. The van der Waals surface area contributed by atoms with E-state index < -0.39 is 0 Å². The van der Waals surface area contributed by atoms with E-state index in [1.54, 1.807) is 0 Å². The van der Waals surface area contributed by atoms with Crippen LogP contribution in [0.3, 0.4) is 0 Å². The zero-order valence-corrected chi connectivity index (χ0v) is 18.1. The summed E-state index contributed by atoms with van der Waals surface area (Å²) in [5.41, 5.74) is 4.09. The summed E-state index contributed by atoms with van der Waals surface area (Å²) < 4.78 is 0. The Bertz CT molecular complexity index is 1200. The predicted octanol–water partition coefficient (Wildman–Crippen LogP) is 6.16. The zero-order valence-electron chi connectivity index (χ0n) is 16.5. The molecule has 0 radical (unpaired) electrons. The maximum atomic E-state index is 12.6. The van der Waals surface area contributed by atoms with Gasteiger partial charge in [0.2, 0.25) is 0 Å². The van der Waals surface area contributed by atoms with Crippen molar-refractivity contribution in [2.45, 2.75) is 12.5 Å². The van der Waals surface area contributed by atoms with Crippen LogP contribution in [-0.4, -0.2) is 21.8 Å². The Labute approximate surface area is 190 Å². The Morgan fingerprint density at radius 2 is 1.61 bits per heavy atom. The van der Waals surface area contributed by atoms with Gasteiger partial charge in [0.15, 0.2) is 5.17 Å². The second-order valence-electron chi connectivity index (χ2n) is 7.25. The van der Waals surface area contributed by atoms with E-state index in [9.17, 15) is 4.79 Å². The molecule has 0 aliphatic carbocycles. The van der Waals surface area contributed by atoms with E-state index >= 15 is 0 Å². The number of aliphatic imine (C=N–C) groups is 1. The molecular formula is C25H18ClN3OS. The van der Waals surface area contributed by atoms with Crippen LogP contribution in [0.4, 0.5) is 0 Å². The fraction of sp³-hybridized carbons (Fsp3) is 0.0800. The third-order valence-electron chi connectivity index (χ3n) is 5.17. The SMILES string of the molecule is O=C1N=C(N2N=C(c3ccccc3)CC2c2ccc(Cl)cc2)S/C1=C\c1ccccc1. The molecule has 1 amide bonds. The summed E-state index contributed by atoms with van der Waals surface area (Å²) in [5.74, 6) is -0.234. The number of carbonyl (C=O) groups is 1. The first-order chi connectivity index (χ1) is 15.2. The number of benzene rings is 3. The van der Waals surface area contributed by atoms with Gasteiger partial charge >= 0.3 is 0 Å². The molecule has 31 heavy (non-hydrogen) atoms. The van der Waals surface area contributed by atoms with E-state index in [1.165, 1.54) is 11.8 Å². The van der Waals surface area contributed by atoms with Crippen LogP contribution in [0.2, 0.25) is 5.02 Å². The number of rotatable bonds is 3. The van der Waals surface area contributed by atoms with E-state index in [2.05, 4.69) is 17.1 Å². The standard InChI is InChI=1S/C25H18ClN3OS/c26-20-13-11-19(12-14-20)22-16-21(18-9-5-2-6-10-18)28-29(22)25-27-24(30)23(31-25)15-17-7-3-1-4-8-17/h1-15,22H,16H2/b23-15-. The second-order valence-corrected chi connectivity index (χ2v) is 8.70. The van der Waals surface area contributed by atoms with E-state index in [0.29, 0.717) is 15.1 Å². The van der Waals surface area contributed by atoms with Gasteiger partial charge in [-0.25, -0.2) is 5.01 Å². The molecule has 0 fully saturated rings. The number of halogens is 1. The fourth-order valence-electron chi connectivity index (χ4n) is 3.63. The molecule has 6 heteroatoms. The molecule has 2 aliphatic heterocycles. The van der Waals surface area contributed by atoms with Crippen LogP contribution in [0.5, 0.6) is 0 Å². The van der Waals surface area contributed by atoms with Gasteiger partial charge in [-0.15, -0.1) is 0 Å². The third kappa shape index (κ3) is 4.20. The lowest BCUT2D eigenvalue weighted by Crippen LogP contribution is -2.23. The molecule has 1 atom stereocenters. The van der Waals surface area contributed by atoms with Crippen LogP contribution in [0.1, 0.15) is 29.2 Å². The smallest absolute Gasteiger partial charge is 0.266 e. The number of carbonyl (C=O) groups excluding carboxylic acids is 1. The molecule has 2 aliphatic rings. The third-order valence-corrected chi connectivity index (χ3v) is 6.40. The summed E-state index contributed by atoms with van der Waals surface area (Å²) in [4.78, 5) is 17.5. The lowest BCUT2D eigenvalue weighted by molar-refractivity contribution is -0.113. The summed E-state index contributed by atoms with van der Waals surface area (Å²) >= 11 is 7.46. The van der Waals surface area contributed by atoms with Crippen molar-refractivity contribution in [2.24, 2.45) is 10.1 Å². The lowest BCUT2D eigenvalue weighted by atomic mass is 9.99. The van der Waals surface area contributed by atoms with E-state index in [-0.39, 0.29) is 11.9 Å². The van der Waals surface area contributed by atoms with Gasteiger partial charge in [0.05, 0.1) is 16.7 Å². The van der Waals surface area contributed by atoms with Gasteiger partial charge < -0.3 is 0 Å². The normalized spacial score (nSPS) is 19.6. The first kappa shape index (κ1) is 19.8. The van der Waals surface area contributed by atoms with Gasteiger partial charge in [-0.3, -0.25) is 4.79 Å². The number of thioether (sulfide) groups is 1. The van der Waals surface area contributed by atoms with Crippen LogP contribution < -0.4 is 0 Å². The van der Waals surface area contributed by atoms with Crippen LogP contribution in [0, 0.1) is 0 Å². The number of hydrogen-bond donors (Lipinski definition) is 0. The highest BCUT2D eigenvalue weighted by atomic mass is 35.5. The topological polar surface area (TPSA) is 45.0 Å². The molecule has 3 aromatic rings. The van der Waals surface area contributed by atoms with Gasteiger partial charge in [-0.1, -0.05) is 84.4 Å². The molecule has 1 unspecified atom stereocenters. The Hall–Kier alpha value is -3.15. The maximum Gasteiger partial charge on any atom is 0.286 e. The zero-order chi connectivity index (χ0) is 21.2. The van der Waals surface area contributed by atoms with E-state index in [4.69, 9.17) is 16.7 Å². The minimum absolute atomic E-state index is 0.0531. The monoisotopic (exact) mass is 443 g/mol. The average molecular weight is 444 g/mol. The Balaban J connectivity index is 1.48. The van der Waals surface area contributed by atoms with E-state index in [0.717, 1.165) is 28.8 Å². The van der Waals surface area contributed by atoms with Gasteiger partial charge in [0.1, 0.15) is 0 Å². The average Bonchev–Trinajstić information content (AvgIpc) is 3.40. The molecular weight excluding hydrogens is 426 g/mol. The summed E-state index contributed by atoms with van der Waals surface area (Å²) in [6.45, 7) is 0. The minimum atomic E-state index is -0.234. The van der Waals surface area contributed by atoms with Crippen molar-refractivity contribution in [1.29, 1.82) is 0 Å². The highest BCUT2D eigenvalue weighted by Gasteiger charge is 2.36. The molecule has 0 spiro atoms. The molecule has 5 rings (SSSR count). The number of nitrogens with zero attached hydrogens (tertiary/aromatic N) is 3. The molecule has 0 saturated heterocycles. The Morgan fingerprint density at radius 1 is 0.935 bits per heavy atom. The molecule has 4 nitrogen and oxygen atoms in total. The molecule has 0 bridgehead atoms. The number of hydrogen-bond acceptors (Lipinski definition) is 4. The largest absolute Gasteiger partial charge is 0.286 e. The van der Waals surface area contributed by atoms with Crippen molar-refractivity contribution in [1.82, 2.24) is 5.01 Å². The maximum absolute atomic E-state index is 12.6. The van der Waals surface area contributed by atoms with E-state index in [1.807, 2.05) is 83.9 Å². The molecule has 0 aromatic heterocycles. The molecule has 0 N–H and O–H groups in total. The summed E-state index contributed by atoms with van der Waals surface area (Å²) in [5, 5.41) is 8.04. The predicted molar refractivity (Wildman–Crippen MR) is 128 cm³/mol. The van der Waals surface area contributed by atoms with Crippen molar-refractivity contribution in [2.75, 3.05) is 0 Å². The molecule has 0 saturated carbocycles. The number of amidine groups is 1.